The molecule has 3 N–H and O–H groups in total. The summed E-state index contributed by atoms with van der Waals surface area (Å²) < 4.78 is 0. The zero-order chi connectivity index (χ0) is 15.2. The van der Waals surface area contributed by atoms with Gasteiger partial charge in [-0.05, 0) is 38.9 Å². The van der Waals surface area contributed by atoms with Crippen molar-refractivity contribution in [2.45, 2.75) is 26.3 Å². The molecule has 2 amide bonds. The molecule has 1 aliphatic heterocycles. The van der Waals surface area contributed by atoms with Gasteiger partial charge in [-0.15, -0.1) is 0 Å². The van der Waals surface area contributed by atoms with Gasteiger partial charge < -0.3 is 16.0 Å². The van der Waals surface area contributed by atoms with Crippen molar-refractivity contribution in [1.29, 1.82) is 0 Å². The van der Waals surface area contributed by atoms with Gasteiger partial charge in [0.05, 0.1) is 5.92 Å². The van der Waals surface area contributed by atoms with Crippen LogP contribution < -0.4 is 16.0 Å². The highest BCUT2D eigenvalue weighted by atomic mass is 16.2. The molecule has 0 saturated carbocycles. The Morgan fingerprint density at radius 2 is 1.86 bits per heavy atom. The standard InChI is InChI=1S/C16H23N3O2/c1-11-3-5-13(6-4-11)15(20)18-9-10-19-16(21)14-7-8-17-12(14)2/h3-6,12,14,17H,7-10H2,1-2H3,(H,18,20)(H,19,21). The van der Waals surface area contributed by atoms with Gasteiger partial charge in [-0.25, -0.2) is 0 Å². The molecule has 0 spiro atoms. The lowest BCUT2D eigenvalue weighted by atomic mass is 10.0. The molecular formula is C16H23N3O2. The first-order chi connectivity index (χ1) is 10.1. The van der Waals surface area contributed by atoms with Crippen molar-refractivity contribution in [3.05, 3.63) is 35.4 Å². The van der Waals surface area contributed by atoms with Gasteiger partial charge in [0, 0.05) is 24.7 Å². The summed E-state index contributed by atoms with van der Waals surface area (Å²) in [5.74, 6) is -0.00460. The van der Waals surface area contributed by atoms with Gasteiger partial charge in [0.25, 0.3) is 5.91 Å². The molecule has 0 radical (unpaired) electrons. The van der Waals surface area contributed by atoms with Gasteiger partial charge in [-0.1, -0.05) is 17.7 Å². The lowest BCUT2D eigenvalue weighted by Crippen LogP contribution is -2.40. The quantitative estimate of drug-likeness (QED) is 0.704. The largest absolute Gasteiger partial charge is 0.354 e. The van der Waals surface area contributed by atoms with Gasteiger partial charge in [0.15, 0.2) is 0 Å². The van der Waals surface area contributed by atoms with Crippen LogP contribution in [0.2, 0.25) is 0 Å². The minimum atomic E-state index is -0.111. The monoisotopic (exact) mass is 289 g/mol. The lowest BCUT2D eigenvalue weighted by Gasteiger charge is -2.15. The molecule has 0 aliphatic carbocycles. The number of benzene rings is 1. The van der Waals surface area contributed by atoms with Crippen molar-refractivity contribution < 1.29 is 9.59 Å². The van der Waals surface area contributed by atoms with Crippen LogP contribution in [0.1, 0.15) is 29.3 Å². The number of rotatable bonds is 5. The average Bonchev–Trinajstić information content (AvgIpc) is 2.90. The van der Waals surface area contributed by atoms with E-state index in [-0.39, 0.29) is 23.8 Å². The van der Waals surface area contributed by atoms with Crippen LogP contribution in [0.4, 0.5) is 0 Å². The number of aryl methyl sites for hydroxylation is 1. The SMILES string of the molecule is Cc1ccc(C(=O)NCCNC(=O)C2CCNC2C)cc1. The minimum Gasteiger partial charge on any atom is -0.354 e. The van der Waals surface area contributed by atoms with Crippen LogP contribution in [0, 0.1) is 12.8 Å². The van der Waals surface area contributed by atoms with E-state index in [9.17, 15) is 9.59 Å². The zero-order valence-corrected chi connectivity index (χ0v) is 12.6. The molecule has 1 aromatic rings. The minimum absolute atomic E-state index is 0.0396. The Bertz CT molecular complexity index is 499. The van der Waals surface area contributed by atoms with Crippen molar-refractivity contribution in [3.8, 4) is 0 Å². The summed E-state index contributed by atoms with van der Waals surface area (Å²) >= 11 is 0. The molecule has 5 nitrogen and oxygen atoms in total. The summed E-state index contributed by atoms with van der Waals surface area (Å²) in [4.78, 5) is 23.8. The maximum absolute atomic E-state index is 11.9. The van der Waals surface area contributed by atoms with Crippen LogP contribution in [0.3, 0.4) is 0 Å². The number of amides is 2. The van der Waals surface area contributed by atoms with E-state index >= 15 is 0 Å². The third-order valence-electron chi connectivity index (χ3n) is 3.89. The van der Waals surface area contributed by atoms with Crippen molar-refractivity contribution in [2.75, 3.05) is 19.6 Å². The highest BCUT2D eigenvalue weighted by Gasteiger charge is 2.28. The van der Waals surface area contributed by atoms with E-state index in [0.29, 0.717) is 18.7 Å². The normalized spacial score (nSPS) is 21.0. The molecule has 21 heavy (non-hydrogen) atoms. The Morgan fingerprint density at radius 3 is 2.48 bits per heavy atom. The second-order valence-corrected chi connectivity index (χ2v) is 5.55. The molecule has 1 aliphatic rings. The van der Waals surface area contributed by atoms with Crippen molar-refractivity contribution in [3.63, 3.8) is 0 Å². The van der Waals surface area contributed by atoms with Crippen molar-refractivity contribution >= 4 is 11.8 Å². The van der Waals surface area contributed by atoms with E-state index in [0.717, 1.165) is 18.5 Å². The van der Waals surface area contributed by atoms with Gasteiger partial charge >= 0.3 is 0 Å². The molecule has 0 aromatic heterocycles. The fourth-order valence-corrected chi connectivity index (χ4v) is 2.52. The van der Waals surface area contributed by atoms with Crippen LogP contribution in [0.5, 0.6) is 0 Å². The maximum atomic E-state index is 11.9. The molecule has 1 fully saturated rings. The summed E-state index contributed by atoms with van der Waals surface area (Å²) in [5.41, 5.74) is 1.76. The van der Waals surface area contributed by atoms with Crippen LogP contribution >= 0.6 is 0 Å². The predicted molar refractivity (Wildman–Crippen MR) is 82.1 cm³/mol. The lowest BCUT2D eigenvalue weighted by molar-refractivity contribution is -0.125. The van der Waals surface area contributed by atoms with E-state index in [2.05, 4.69) is 16.0 Å². The summed E-state index contributed by atoms with van der Waals surface area (Å²) in [6, 6.07) is 7.65. The third kappa shape index (κ3) is 4.29. The van der Waals surface area contributed by atoms with Gasteiger partial charge in [-0.2, -0.15) is 0 Å². The molecule has 2 unspecified atom stereocenters. The number of hydrogen-bond acceptors (Lipinski definition) is 3. The molecule has 1 aromatic carbocycles. The first-order valence-electron chi connectivity index (χ1n) is 7.44. The van der Waals surface area contributed by atoms with Gasteiger partial charge in [0.2, 0.25) is 5.91 Å². The molecule has 1 saturated heterocycles. The van der Waals surface area contributed by atoms with E-state index < -0.39 is 0 Å². The van der Waals surface area contributed by atoms with Gasteiger partial charge in [-0.3, -0.25) is 9.59 Å². The number of carbonyl (C=O) groups excluding carboxylic acids is 2. The fourth-order valence-electron chi connectivity index (χ4n) is 2.52. The molecular weight excluding hydrogens is 266 g/mol. The Labute approximate surface area is 125 Å². The third-order valence-corrected chi connectivity index (χ3v) is 3.89. The Kier molecular flexibility index (Phi) is 5.33. The topological polar surface area (TPSA) is 70.2 Å². The molecule has 0 bridgehead atoms. The predicted octanol–water partition coefficient (Wildman–Crippen LogP) is 0.839. The van der Waals surface area contributed by atoms with E-state index in [1.807, 2.05) is 26.0 Å². The Hall–Kier alpha value is -1.88. The zero-order valence-electron chi connectivity index (χ0n) is 12.6. The first kappa shape index (κ1) is 15.5. The highest BCUT2D eigenvalue weighted by Crippen LogP contribution is 2.14. The van der Waals surface area contributed by atoms with E-state index in [1.54, 1.807) is 12.1 Å². The smallest absolute Gasteiger partial charge is 0.251 e. The van der Waals surface area contributed by atoms with Crippen LogP contribution in [-0.4, -0.2) is 37.5 Å². The highest BCUT2D eigenvalue weighted by molar-refractivity contribution is 5.94. The second kappa shape index (κ2) is 7.22. The number of carbonyl (C=O) groups is 2. The Morgan fingerprint density at radius 1 is 1.19 bits per heavy atom. The van der Waals surface area contributed by atoms with Crippen LogP contribution in [0.15, 0.2) is 24.3 Å². The summed E-state index contributed by atoms with van der Waals surface area (Å²) in [6.45, 7) is 5.79. The average molecular weight is 289 g/mol. The second-order valence-electron chi connectivity index (χ2n) is 5.55. The van der Waals surface area contributed by atoms with E-state index in [1.165, 1.54) is 0 Å². The summed E-state index contributed by atoms with van der Waals surface area (Å²) in [5, 5.41) is 8.94. The molecule has 114 valence electrons. The summed E-state index contributed by atoms with van der Waals surface area (Å²) in [6.07, 6.45) is 0.878. The van der Waals surface area contributed by atoms with Crippen LogP contribution in [0.25, 0.3) is 0 Å². The fraction of sp³-hybridized carbons (Fsp3) is 0.500. The molecule has 1 heterocycles. The van der Waals surface area contributed by atoms with Crippen LogP contribution in [-0.2, 0) is 4.79 Å². The maximum Gasteiger partial charge on any atom is 0.251 e. The number of hydrogen-bond donors (Lipinski definition) is 3. The Balaban J connectivity index is 1.68. The molecule has 5 heteroatoms. The first-order valence-corrected chi connectivity index (χ1v) is 7.44. The summed E-state index contributed by atoms with van der Waals surface area (Å²) in [7, 11) is 0. The molecule has 2 atom stereocenters. The van der Waals surface area contributed by atoms with E-state index in [4.69, 9.17) is 0 Å². The van der Waals surface area contributed by atoms with Gasteiger partial charge in [0.1, 0.15) is 0 Å². The number of nitrogens with one attached hydrogen (secondary N) is 3. The molecule has 2 rings (SSSR count). The van der Waals surface area contributed by atoms with Crippen molar-refractivity contribution in [2.24, 2.45) is 5.92 Å². The van der Waals surface area contributed by atoms with Crippen molar-refractivity contribution in [1.82, 2.24) is 16.0 Å².